The van der Waals surface area contributed by atoms with Gasteiger partial charge in [-0.15, -0.1) is 0 Å². The van der Waals surface area contributed by atoms with Gasteiger partial charge in [-0.3, -0.25) is 11.3 Å². The van der Waals surface area contributed by atoms with Crippen LogP contribution in [0.25, 0.3) is 0 Å². The molecule has 0 aromatic heterocycles. The molecule has 0 amide bonds. The van der Waals surface area contributed by atoms with Crippen LogP contribution in [0, 0.1) is 5.41 Å². The van der Waals surface area contributed by atoms with Gasteiger partial charge in [0.2, 0.25) is 0 Å². The molecule has 0 saturated carbocycles. The van der Waals surface area contributed by atoms with E-state index in [4.69, 9.17) is 16.0 Å². The predicted octanol–water partition coefficient (Wildman–Crippen LogP) is 0.668. The summed E-state index contributed by atoms with van der Waals surface area (Å²) in [7, 11) is 0. The highest BCUT2D eigenvalue weighted by Gasteiger charge is 2.14. The van der Waals surface area contributed by atoms with E-state index in [1.807, 2.05) is 29.3 Å². The third kappa shape index (κ3) is 2.50. The van der Waals surface area contributed by atoms with Gasteiger partial charge in [-0.25, -0.2) is 5.01 Å². The largest absolute Gasteiger partial charge is 0.446 e. The van der Waals surface area contributed by atoms with Gasteiger partial charge in [0, 0.05) is 37.9 Å². The molecule has 0 radical (unpaired) electrons. The van der Waals surface area contributed by atoms with Crippen molar-refractivity contribution in [2.75, 3.05) is 31.1 Å². The van der Waals surface area contributed by atoms with Crippen LogP contribution in [0.1, 0.15) is 0 Å². The topological polar surface area (TPSA) is 65.6 Å². The lowest BCUT2D eigenvalue weighted by Crippen LogP contribution is -2.49. The van der Waals surface area contributed by atoms with Crippen molar-refractivity contribution in [1.82, 2.24) is 5.01 Å². The molecule has 0 spiro atoms. The molecule has 1 aromatic carbocycles. The summed E-state index contributed by atoms with van der Waals surface area (Å²) in [4.78, 5) is 2.26. The molecule has 2 rings (SSSR count). The van der Waals surface area contributed by atoms with Gasteiger partial charge in [0.1, 0.15) is 5.75 Å². The van der Waals surface area contributed by atoms with Crippen molar-refractivity contribution < 1.29 is 4.74 Å². The first-order valence-electron chi connectivity index (χ1n) is 5.30. The van der Waals surface area contributed by atoms with E-state index in [1.165, 1.54) is 0 Å². The van der Waals surface area contributed by atoms with E-state index >= 15 is 0 Å². The monoisotopic (exact) mass is 220 g/mol. The number of ether oxygens (including phenoxy) is 1. The van der Waals surface area contributed by atoms with Gasteiger partial charge < -0.3 is 9.64 Å². The number of benzene rings is 1. The number of hydrogen-bond donors (Lipinski definition) is 2. The van der Waals surface area contributed by atoms with Crippen LogP contribution >= 0.6 is 0 Å². The van der Waals surface area contributed by atoms with Crippen LogP contribution < -0.4 is 15.5 Å². The average molecular weight is 220 g/mol. The number of nitrogens with zero attached hydrogens (tertiary/aromatic N) is 2. The quantitative estimate of drug-likeness (QED) is 0.446. The van der Waals surface area contributed by atoms with Crippen LogP contribution in [-0.2, 0) is 0 Å². The maximum Gasteiger partial charge on any atom is 0.173 e. The predicted molar refractivity (Wildman–Crippen MR) is 63.8 cm³/mol. The van der Waals surface area contributed by atoms with E-state index in [1.54, 1.807) is 0 Å². The van der Waals surface area contributed by atoms with Crippen LogP contribution in [0.2, 0.25) is 0 Å². The Bertz CT molecular complexity index is 361. The summed E-state index contributed by atoms with van der Waals surface area (Å²) in [5, 5.41) is 8.73. The minimum Gasteiger partial charge on any atom is -0.446 e. The van der Waals surface area contributed by atoms with Crippen molar-refractivity contribution in [2.24, 2.45) is 5.84 Å². The van der Waals surface area contributed by atoms with Gasteiger partial charge in [0.15, 0.2) is 6.40 Å². The Labute approximate surface area is 94.9 Å². The Kier molecular flexibility index (Phi) is 3.38. The molecule has 16 heavy (non-hydrogen) atoms. The lowest BCUT2D eigenvalue weighted by Gasteiger charge is -2.33. The summed E-state index contributed by atoms with van der Waals surface area (Å²) in [5.74, 6) is 6.40. The lowest BCUT2D eigenvalue weighted by atomic mass is 10.2. The Morgan fingerprint density at radius 2 is 2.00 bits per heavy atom. The zero-order valence-electron chi connectivity index (χ0n) is 9.10. The summed E-state index contributed by atoms with van der Waals surface area (Å²) in [6, 6.07) is 7.76. The summed E-state index contributed by atoms with van der Waals surface area (Å²) in [5.41, 5.74) is 1.12. The maximum atomic E-state index is 6.90. The van der Waals surface area contributed by atoms with Crippen molar-refractivity contribution in [1.29, 1.82) is 5.41 Å². The number of anilines is 1. The SMILES string of the molecule is N=COc1cccc(N2CCN(N)CC2)c1. The van der Waals surface area contributed by atoms with Crippen LogP contribution in [0.3, 0.4) is 0 Å². The summed E-state index contributed by atoms with van der Waals surface area (Å²) < 4.78 is 5.04. The molecule has 1 aromatic rings. The molecule has 1 aliphatic heterocycles. The van der Waals surface area contributed by atoms with E-state index in [-0.39, 0.29) is 0 Å². The van der Waals surface area contributed by atoms with Crippen LogP contribution in [0.5, 0.6) is 5.75 Å². The summed E-state index contributed by atoms with van der Waals surface area (Å²) in [6.45, 7) is 3.58. The zero-order chi connectivity index (χ0) is 11.4. The average Bonchev–Trinajstić information content (AvgIpc) is 2.31. The maximum absolute atomic E-state index is 6.90. The van der Waals surface area contributed by atoms with Gasteiger partial charge in [0.05, 0.1) is 0 Å². The standard InChI is InChI=1S/C11H16N4O/c12-9-16-11-3-1-2-10(8-11)14-4-6-15(13)7-5-14/h1-3,8-9,12H,4-7,13H2. The van der Waals surface area contributed by atoms with Crippen LogP contribution in [-0.4, -0.2) is 37.6 Å². The zero-order valence-corrected chi connectivity index (χ0v) is 9.10. The minimum absolute atomic E-state index is 0.697. The number of nitrogens with two attached hydrogens (primary N) is 1. The van der Waals surface area contributed by atoms with E-state index in [9.17, 15) is 0 Å². The Morgan fingerprint density at radius 3 is 2.69 bits per heavy atom. The lowest BCUT2D eigenvalue weighted by molar-refractivity contribution is 0.266. The van der Waals surface area contributed by atoms with Gasteiger partial charge in [-0.05, 0) is 12.1 Å². The molecule has 1 heterocycles. The number of hydrazine groups is 1. The number of piperazine rings is 1. The molecular weight excluding hydrogens is 204 g/mol. The molecule has 1 aliphatic rings. The summed E-state index contributed by atoms with van der Waals surface area (Å²) in [6.07, 6.45) is 0.941. The van der Waals surface area contributed by atoms with Gasteiger partial charge in [0.25, 0.3) is 0 Å². The van der Waals surface area contributed by atoms with E-state index in [0.717, 1.165) is 38.3 Å². The van der Waals surface area contributed by atoms with Crippen molar-refractivity contribution in [3.63, 3.8) is 0 Å². The van der Waals surface area contributed by atoms with Gasteiger partial charge >= 0.3 is 0 Å². The second-order valence-corrected chi connectivity index (χ2v) is 3.76. The summed E-state index contributed by atoms with van der Waals surface area (Å²) >= 11 is 0. The highest BCUT2D eigenvalue weighted by atomic mass is 16.5. The first-order valence-corrected chi connectivity index (χ1v) is 5.30. The molecule has 3 N–H and O–H groups in total. The Morgan fingerprint density at radius 1 is 1.25 bits per heavy atom. The smallest absolute Gasteiger partial charge is 0.173 e. The highest BCUT2D eigenvalue weighted by Crippen LogP contribution is 2.21. The molecule has 1 fully saturated rings. The second kappa shape index (κ2) is 4.96. The first kappa shape index (κ1) is 10.9. The van der Waals surface area contributed by atoms with Crippen LogP contribution in [0.15, 0.2) is 24.3 Å². The van der Waals surface area contributed by atoms with Crippen LogP contribution in [0.4, 0.5) is 5.69 Å². The number of nitrogens with one attached hydrogen (secondary N) is 1. The molecular formula is C11H16N4O. The second-order valence-electron chi connectivity index (χ2n) is 3.76. The number of hydrogen-bond acceptors (Lipinski definition) is 5. The fraction of sp³-hybridized carbons (Fsp3) is 0.364. The van der Waals surface area contributed by atoms with E-state index < -0.39 is 0 Å². The molecule has 0 bridgehead atoms. The number of rotatable bonds is 3. The fourth-order valence-corrected chi connectivity index (χ4v) is 1.80. The molecule has 0 unspecified atom stereocenters. The normalized spacial score (nSPS) is 17.2. The van der Waals surface area contributed by atoms with Gasteiger partial charge in [-0.1, -0.05) is 6.07 Å². The van der Waals surface area contributed by atoms with E-state index in [0.29, 0.717) is 5.75 Å². The first-order chi connectivity index (χ1) is 7.79. The minimum atomic E-state index is 0.697. The molecule has 1 saturated heterocycles. The Balaban J connectivity index is 2.08. The molecule has 0 atom stereocenters. The molecule has 0 aliphatic carbocycles. The Hall–Kier alpha value is -1.59. The van der Waals surface area contributed by atoms with Crippen molar-refractivity contribution >= 4 is 12.1 Å². The molecule has 86 valence electrons. The van der Waals surface area contributed by atoms with Gasteiger partial charge in [-0.2, -0.15) is 0 Å². The third-order valence-corrected chi connectivity index (χ3v) is 2.69. The van der Waals surface area contributed by atoms with Crippen molar-refractivity contribution in [3.05, 3.63) is 24.3 Å². The fourth-order valence-electron chi connectivity index (χ4n) is 1.80. The third-order valence-electron chi connectivity index (χ3n) is 2.69. The van der Waals surface area contributed by atoms with Crippen molar-refractivity contribution in [2.45, 2.75) is 0 Å². The highest BCUT2D eigenvalue weighted by molar-refractivity contribution is 5.55. The van der Waals surface area contributed by atoms with Crippen molar-refractivity contribution in [3.8, 4) is 5.75 Å². The molecule has 5 nitrogen and oxygen atoms in total. The van der Waals surface area contributed by atoms with E-state index in [2.05, 4.69) is 4.90 Å². The molecule has 5 heteroatoms.